The number of nitrogens with zero attached hydrogens (tertiary/aromatic N) is 1. The van der Waals surface area contributed by atoms with Gasteiger partial charge in [0.25, 0.3) is 5.91 Å². The van der Waals surface area contributed by atoms with Crippen LogP contribution in [0.1, 0.15) is 19.4 Å². The lowest BCUT2D eigenvalue weighted by molar-refractivity contribution is -0.112. The monoisotopic (exact) mass is 307 g/mol. The molecule has 0 fully saturated rings. The normalized spacial score (nSPS) is 11.7. The lowest BCUT2D eigenvalue weighted by atomic mass is 10.1. The summed E-state index contributed by atoms with van der Waals surface area (Å²) in [4.78, 5) is 12.1. The number of anilines is 1. The fourth-order valence-electron chi connectivity index (χ4n) is 1.39. The molecule has 0 spiro atoms. The van der Waals surface area contributed by atoms with Crippen molar-refractivity contribution in [2.24, 2.45) is 0 Å². The molecule has 0 radical (unpaired) electrons. The van der Waals surface area contributed by atoms with E-state index >= 15 is 0 Å². The fourth-order valence-corrected chi connectivity index (χ4v) is 1.57. The SMILES string of the molecule is Cc1c(Cl)cccc1NC(=O)/C(C#N)=C\NC(C)(C)CO. The van der Waals surface area contributed by atoms with Crippen LogP contribution >= 0.6 is 11.6 Å². The Labute approximate surface area is 129 Å². The standard InChI is InChI=1S/C15H18ClN3O2/c1-10-12(16)5-4-6-13(10)19-14(21)11(7-17)8-18-15(2,3)9-20/h4-6,8,18,20H,9H2,1-3H3,(H,19,21)/b11-8-. The van der Waals surface area contributed by atoms with Gasteiger partial charge >= 0.3 is 0 Å². The summed E-state index contributed by atoms with van der Waals surface area (Å²) >= 11 is 5.98. The number of nitriles is 1. The maximum Gasteiger partial charge on any atom is 0.267 e. The van der Waals surface area contributed by atoms with Crippen molar-refractivity contribution in [1.29, 1.82) is 5.26 Å². The first-order chi connectivity index (χ1) is 9.80. The predicted molar refractivity (Wildman–Crippen MR) is 82.8 cm³/mol. The molecule has 0 atom stereocenters. The van der Waals surface area contributed by atoms with Crippen LogP contribution < -0.4 is 10.6 Å². The van der Waals surface area contributed by atoms with E-state index in [1.54, 1.807) is 39.0 Å². The van der Waals surface area contributed by atoms with Crippen LogP contribution in [0.15, 0.2) is 30.0 Å². The summed E-state index contributed by atoms with van der Waals surface area (Å²) in [6, 6.07) is 6.97. The number of aliphatic hydroxyl groups excluding tert-OH is 1. The second kappa shape index (κ2) is 7.11. The highest BCUT2D eigenvalue weighted by molar-refractivity contribution is 6.31. The van der Waals surface area contributed by atoms with Crippen molar-refractivity contribution in [3.8, 4) is 6.07 Å². The van der Waals surface area contributed by atoms with E-state index in [4.69, 9.17) is 22.0 Å². The summed E-state index contributed by atoms with van der Waals surface area (Å²) in [7, 11) is 0. The van der Waals surface area contributed by atoms with Gasteiger partial charge in [0.05, 0.1) is 12.1 Å². The Kier molecular flexibility index (Phi) is 5.77. The Morgan fingerprint density at radius 3 is 2.76 bits per heavy atom. The third kappa shape index (κ3) is 4.78. The molecule has 21 heavy (non-hydrogen) atoms. The second-order valence-electron chi connectivity index (χ2n) is 5.22. The van der Waals surface area contributed by atoms with Crippen molar-refractivity contribution >= 4 is 23.2 Å². The minimum Gasteiger partial charge on any atom is -0.394 e. The maximum absolute atomic E-state index is 12.1. The van der Waals surface area contributed by atoms with Gasteiger partial charge in [-0.15, -0.1) is 0 Å². The van der Waals surface area contributed by atoms with E-state index in [2.05, 4.69) is 10.6 Å². The highest BCUT2D eigenvalue weighted by atomic mass is 35.5. The van der Waals surface area contributed by atoms with E-state index in [9.17, 15) is 4.79 Å². The van der Waals surface area contributed by atoms with Gasteiger partial charge in [-0.05, 0) is 38.5 Å². The molecule has 0 aromatic heterocycles. The average molecular weight is 308 g/mol. The third-order valence-corrected chi connectivity index (χ3v) is 3.29. The minimum absolute atomic E-state index is 0.0871. The van der Waals surface area contributed by atoms with E-state index in [0.717, 1.165) is 5.56 Å². The van der Waals surface area contributed by atoms with E-state index in [1.165, 1.54) is 6.20 Å². The summed E-state index contributed by atoms with van der Waals surface area (Å²) in [5.41, 5.74) is 0.577. The topological polar surface area (TPSA) is 85.2 Å². The Morgan fingerprint density at radius 2 is 2.19 bits per heavy atom. The summed E-state index contributed by atoms with van der Waals surface area (Å²) in [5, 5.41) is 24.2. The van der Waals surface area contributed by atoms with Crippen LogP contribution in [0, 0.1) is 18.3 Å². The number of benzene rings is 1. The number of carbonyl (C=O) groups excluding carboxylic acids is 1. The highest BCUT2D eigenvalue weighted by Crippen LogP contribution is 2.23. The molecule has 0 aliphatic carbocycles. The molecular formula is C15H18ClN3O2. The number of amides is 1. The molecule has 0 aliphatic rings. The number of nitrogens with one attached hydrogen (secondary N) is 2. The number of carbonyl (C=O) groups is 1. The number of rotatable bonds is 5. The van der Waals surface area contributed by atoms with Crippen LogP contribution in [0.2, 0.25) is 5.02 Å². The molecular weight excluding hydrogens is 290 g/mol. The van der Waals surface area contributed by atoms with Gasteiger partial charge in [-0.1, -0.05) is 17.7 Å². The molecule has 0 unspecified atom stereocenters. The van der Waals surface area contributed by atoms with Crippen LogP contribution in [0.5, 0.6) is 0 Å². The van der Waals surface area contributed by atoms with Crippen molar-refractivity contribution in [3.05, 3.63) is 40.6 Å². The Hall–Kier alpha value is -2.03. The quantitative estimate of drug-likeness (QED) is 0.576. The molecule has 112 valence electrons. The largest absolute Gasteiger partial charge is 0.394 e. The summed E-state index contributed by atoms with van der Waals surface area (Å²) in [6.07, 6.45) is 1.30. The predicted octanol–water partition coefficient (Wildman–Crippen LogP) is 2.35. The van der Waals surface area contributed by atoms with E-state index < -0.39 is 11.4 Å². The lowest BCUT2D eigenvalue weighted by Crippen LogP contribution is -2.39. The first kappa shape index (κ1) is 17.0. The van der Waals surface area contributed by atoms with Gasteiger partial charge in [0.1, 0.15) is 11.6 Å². The van der Waals surface area contributed by atoms with E-state index in [1.807, 2.05) is 6.07 Å². The first-order valence-corrected chi connectivity index (χ1v) is 6.74. The van der Waals surface area contributed by atoms with Crippen LogP contribution in [0.3, 0.4) is 0 Å². The zero-order chi connectivity index (χ0) is 16.0. The molecule has 1 aromatic carbocycles. The number of hydrogen-bond donors (Lipinski definition) is 3. The van der Waals surface area contributed by atoms with Gasteiger partial charge in [0.2, 0.25) is 0 Å². The van der Waals surface area contributed by atoms with Crippen LogP contribution in [-0.2, 0) is 4.79 Å². The molecule has 3 N–H and O–H groups in total. The van der Waals surface area contributed by atoms with E-state index in [0.29, 0.717) is 10.7 Å². The number of hydrogen-bond acceptors (Lipinski definition) is 4. The molecule has 0 saturated carbocycles. The van der Waals surface area contributed by atoms with Crippen LogP contribution in [-0.4, -0.2) is 23.2 Å². The molecule has 0 aliphatic heterocycles. The fraction of sp³-hybridized carbons (Fsp3) is 0.333. The van der Waals surface area contributed by atoms with Gasteiger partial charge in [-0.3, -0.25) is 4.79 Å². The van der Waals surface area contributed by atoms with Crippen LogP contribution in [0.25, 0.3) is 0 Å². The minimum atomic E-state index is -0.617. The van der Waals surface area contributed by atoms with Gasteiger partial charge in [-0.25, -0.2) is 0 Å². The Morgan fingerprint density at radius 1 is 1.52 bits per heavy atom. The number of halogens is 1. The summed E-state index contributed by atoms with van der Waals surface area (Å²) in [6.45, 7) is 5.15. The number of aliphatic hydroxyl groups is 1. The molecule has 0 bridgehead atoms. The second-order valence-corrected chi connectivity index (χ2v) is 5.63. The van der Waals surface area contributed by atoms with Crippen molar-refractivity contribution in [1.82, 2.24) is 5.32 Å². The first-order valence-electron chi connectivity index (χ1n) is 6.36. The molecule has 6 heteroatoms. The molecule has 1 rings (SSSR count). The van der Waals surface area contributed by atoms with Crippen molar-refractivity contribution < 1.29 is 9.90 Å². The van der Waals surface area contributed by atoms with Gasteiger partial charge < -0.3 is 15.7 Å². The van der Waals surface area contributed by atoms with E-state index in [-0.39, 0.29) is 12.2 Å². The zero-order valence-electron chi connectivity index (χ0n) is 12.2. The Bertz CT molecular complexity index is 603. The Balaban J connectivity index is 2.88. The summed E-state index contributed by atoms with van der Waals surface area (Å²) in [5.74, 6) is -0.538. The van der Waals surface area contributed by atoms with Crippen molar-refractivity contribution in [2.45, 2.75) is 26.3 Å². The van der Waals surface area contributed by atoms with Gasteiger partial charge in [0.15, 0.2) is 0 Å². The van der Waals surface area contributed by atoms with Crippen molar-refractivity contribution in [2.75, 3.05) is 11.9 Å². The zero-order valence-corrected chi connectivity index (χ0v) is 13.0. The van der Waals surface area contributed by atoms with Crippen LogP contribution in [0.4, 0.5) is 5.69 Å². The molecule has 5 nitrogen and oxygen atoms in total. The lowest BCUT2D eigenvalue weighted by Gasteiger charge is -2.22. The molecule has 1 amide bonds. The highest BCUT2D eigenvalue weighted by Gasteiger charge is 2.16. The van der Waals surface area contributed by atoms with Gasteiger partial charge in [0, 0.05) is 16.9 Å². The summed E-state index contributed by atoms with van der Waals surface area (Å²) < 4.78 is 0. The van der Waals surface area contributed by atoms with Crippen molar-refractivity contribution in [3.63, 3.8) is 0 Å². The average Bonchev–Trinajstić information content (AvgIpc) is 2.44. The smallest absolute Gasteiger partial charge is 0.267 e. The third-order valence-electron chi connectivity index (χ3n) is 2.88. The maximum atomic E-state index is 12.1. The molecule has 1 aromatic rings. The van der Waals surface area contributed by atoms with Gasteiger partial charge in [-0.2, -0.15) is 5.26 Å². The molecule has 0 heterocycles. The molecule has 0 saturated heterocycles.